The van der Waals surface area contributed by atoms with Gasteiger partial charge in [-0.2, -0.15) is 0 Å². The fourth-order valence-corrected chi connectivity index (χ4v) is 1.84. The van der Waals surface area contributed by atoms with Gasteiger partial charge in [-0.1, -0.05) is 19.4 Å². The summed E-state index contributed by atoms with van der Waals surface area (Å²) in [5.41, 5.74) is 0.455. The number of benzene rings is 1. The third-order valence-electron chi connectivity index (χ3n) is 3.12. The smallest absolute Gasteiger partial charge is 0.338 e. The van der Waals surface area contributed by atoms with Gasteiger partial charge in [-0.3, -0.25) is 4.79 Å². The van der Waals surface area contributed by atoms with Crippen molar-refractivity contribution in [3.8, 4) is 5.75 Å². The van der Waals surface area contributed by atoms with Crippen molar-refractivity contribution >= 4 is 17.7 Å². The van der Waals surface area contributed by atoms with Crippen molar-refractivity contribution in [1.29, 1.82) is 0 Å². The van der Waals surface area contributed by atoms with Crippen LogP contribution in [0.3, 0.4) is 0 Å². The lowest BCUT2D eigenvalue weighted by atomic mass is 10.2. The molecule has 0 spiro atoms. The monoisotopic (exact) mass is 328 g/mol. The molecule has 1 N–H and O–H groups in total. The molecular weight excluding hydrogens is 308 g/mol. The predicted molar refractivity (Wildman–Crippen MR) is 90.0 cm³/mol. The van der Waals surface area contributed by atoms with Gasteiger partial charge in [-0.05, 0) is 42.8 Å². The zero-order valence-electron chi connectivity index (χ0n) is 13.5. The summed E-state index contributed by atoms with van der Waals surface area (Å²) in [6.07, 6.45) is 3.41. The second-order valence-electron chi connectivity index (χ2n) is 5.07. The molecule has 0 bridgehead atoms. The zero-order valence-corrected chi connectivity index (χ0v) is 13.5. The van der Waals surface area contributed by atoms with E-state index in [4.69, 9.17) is 9.47 Å². The second-order valence-corrected chi connectivity index (χ2v) is 5.07. The Bertz CT molecular complexity index is 656. The molecule has 0 aliphatic rings. The molecule has 1 heterocycles. The summed E-state index contributed by atoms with van der Waals surface area (Å²) in [5, 5.41) is 2.62. The van der Waals surface area contributed by atoms with E-state index in [1.54, 1.807) is 48.7 Å². The lowest BCUT2D eigenvalue weighted by Crippen LogP contribution is -2.20. The molecule has 2 rings (SSSR count). The van der Waals surface area contributed by atoms with Gasteiger partial charge in [-0.25, -0.2) is 9.78 Å². The number of unbranched alkanes of at least 4 members (excludes halogenated alkanes) is 1. The van der Waals surface area contributed by atoms with Crippen LogP contribution in [0.4, 0.5) is 5.82 Å². The SMILES string of the molecule is CCCCOC(=O)c1ccc(OCC(=O)Nc2ccccn2)cc1. The molecule has 6 heteroatoms. The molecule has 1 aromatic heterocycles. The van der Waals surface area contributed by atoms with E-state index in [0.717, 1.165) is 12.8 Å². The van der Waals surface area contributed by atoms with E-state index >= 15 is 0 Å². The molecule has 0 saturated carbocycles. The van der Waals surface area contributed by atoms with Crippen molar-refractivity contribution < 1.29 is 19.1 Å². The fraction of sp³-hybridized carbons (Fsp3) is 0.278. The number of ether oxygens (including phenoxy) is 2. The minimum atomic E-state index is -0.358. The number of hydrogen-bond acceptors (Lipinski definition) is 5. The Morgan fingerprint density at radius 3 is 2.58 bits per heavy atom. The van der Waals surface area contributed by atoms with Crippen molar-refractivity contribution in [2.24, 2.45) is 0 Å². The van der Waals surface area contributed by atoms with Crippen molar-refractivity contribution in [1.82, 2.24) is 4.98 Å². The average molecular weight is 328 g/mol. The van der Waals surface area contributed by atoms with E-state index in [1.807, 2.05) is 6.92 Å². The van der Waals surface area contributed by atoms with Crippen molar-refractivity contribution in [3.05, 3.63) is 54.2 Å². The first-order valence-corrected chi connectivity index (χ1v) is 7.80. The highest BCUT2D eigenvalue weighted by Crippen LogP contribution is 2.13. The third-order valence-corrected chi connectivity index (χ3v) is 3.12. The fourth-order valence-electron chi connectivity index (χ4n) is 1.84. The van der Waals surface area contributed by atoms with E-state index in [-0.39, 0.29) is 18.5 Å². The number of hydrogen-bond donors (Lipinski definition) is 1. The van der Waals surface area contributed by atoms with Crippen LogP contribution in [-0.4, -0.2) is 30.1 Å². The van der Waals surface area contributed by atoms with Gasteiger partial charge < -0.3 is 14.8 Å². The first kappa shape index (κ1) is 17.5. The van der Waals surface area contributed by atoms with E-state index in [0.29, 0.717) is 23.7 Å². The zero-order chi connectivity index (χ0) is 17.2. The van der Waals surface area contributed by atoms with Gasteiger partial charge in [-0.15, -0.1) is 0 Å². The molecule has 0 aliphatic carbocycles. The molecule has 0 aliphatic heterocycles. The number of esters is 1. The Kier molecular flexibility index (Phi) is 6.76. The molecular formula is C18H20N2O4. The summed E-state index contributed by atoms with van der Waals surface area (Å²) < 4.78 is 10.5. The highest BCUT2D eigenvalue weighted by molar-refractivity contribution is 5.91. The highest BCUT2D eigenvalue weighted by Gasteiger charge is 2.08. The maximum Gasteiger partial charge on any atom is 0.338 e. The van der Waals surface area contributed by atoms with E-state index in [2.05, 4.69) is 10.3 Å². The van der Waals surface area contributed by atoms with Gasteiger partial charge >= 0.3 is 5.97 Å². The van der Waals surface area contributed by atoms with E-state index in [9.17, 15) is 9.59 Å². The molecule has 0 fully saturated rings. The lowest BCUT2D eigenvalue weighted by Gasteiger charge is -2.08. The predicted octanol–water partition coefficient (Wildman–Crippen LogP) is 3.06. The van der Waals surface area contributed by atoms with Crippen LogP contribution in [-0.2, 0) is 9.53 Å². The van der Waals surface area contributed by atoms with Crippen LogP contribution in [0.2, 0.25) is 0 Å². The maximum atomic E-state index is 11.8. The minimum Gasteiger partial charge on any atom is -0.484 e. The highest BCUT2D eigenvalue weighted by atomic mass is 16.5. The first-order chi connectivity index (χ1) is 11.7. The quantitative estimate of drug-likeness (QED) is 0.595. The normalized spacial score (nSPS) is 10.0. The van der Waals surface area contributed by atoms with Gasteiger partial charge in [0.1, 0.15) is 11.6 Å². The molecule has 0 atom stereocenters. The van der Waals surface area contributed by atoms with Crippen LogP contribution in [0.15, 0.2) is 48.7 Å². The summed E-state index contributed by atoms with van der Waals surface area (Å²) in [4.78, 5) is 27.5. The number of rotatable bonds is 8. The van der Waals surface area contributed by atoms with E-state index < -0.39 is 0 Å². The van der Waals surface area contributed by atoms with Crippen LogP contribution in [0.1, 0.15) is 30.1 Å². The summed E-state index contributed by atoms with van der Waals surface area (Å²) in [5.74, 6) is 0.298. The molecule has 24 heavy (non-hydrogen) atoms. The molecule has 2 aromatic rings. The Hall–Kier alpha value is -2.89. The third kappa shape index (κ3) is 5.72. The number of pyridine rings is 1. The molecule has 0 saturated heterocycles. The van der Waals surface area contributed by atoms with Crippen LogP contribution < -0.4 is 10.1 Å². The molecule has 0 unspecified atom stereocenters. The average Bonchev–Trinajstić information content (AvgIpc) is 2.61. The molecule has 6 nitrogen and oxygen atoms in total. The van der Waals surface area contributed by atoms with Gasteiger partial charge in [0.2, 0.25) is 0 Å². The van der Waals surface area contributed by atoms with Gasteiger partial charge in [0, 0.05) is 6.20 Å². The molecule has 126 valence electrons. The summed E-state index contributed by atoms with van der Waals surface area (Å²) in [7, 11) is 0. The Balaban J connectivity index is 1.79. The molecule has 0 radical (unpaired) electrons. The number of carbonyl (C=O) groups excluding carboxylic acids is 2. The van der Waals surface area contributed by atoms with Gasteiger partial charge in [0.05, 0.1) is 12.2 Å². The second kappa shape index (κ2) is 9.29. The Morgan fingerprint density at radius 1 is 1.12 bits per heavy atom. The maximum absolute atomic E-state index is 11.8. The van der Waals surface area contributed by atoms with Crippen LogP contribution in [0.5, 0.6) is 5.75 Å². The molecule has 1 amide bonds. The van der Waals surface area contributed by atoms with Gasteiger partial charge in [0.25, 0.3) is 5.91 Å². The van der Waals surface area contributed by atoms with Gasteiger partial charge in [0.15, 0.2) is 6.61 Å². The number of amides is 1. The standard InChI is InChI=1S/C18H20N2O4/c1-2-3-12-23-18(22)14-7-9-15(10-8-14)24-13-17(21)20-16-6-4-5-11-19-16/h4-11H,2-3,12-13H2,1H3,(H,19,20,21). The van der Waals surface area contributed by atoms with Crippen LogP contribution in [0, 0.1) is 0 Å². The summed E-state index contributed by atoms with van der Waals surface area (Å²) in [6.45, 7) is 2.31. The van der Waals surface area contributed by atoms with Crippen LogP contribution in [0.25, 0.3) is 0 Å². The number of aromatic nitrogens is 1. The number of carbonyl (C=O) groups is 2. The Morgan fingerprint density at radius 2 is 1.92 bits per heavy atom. The number of nitrogens with zero attached hydrogens (tertiary/aromatic N) is 1. The molecule has 1 aromatic carbocycles. The summed E-state index contributed by atoms with van der Waals surface area (Å²) >= 11 is 0. The van der Waals surface area contributed by atoms with Crippen LogP contribution >= 0.6 is 0 Å². The number of anilines is 1. The Labute approximate surface area is 140 Å². The first-order valence-electron chi connectivity index (χ1n) is 7.80. The van der Waals surface area contributed by atoms with Crippen molar-refractivity contribution in [2.75, 3.05) is 18.5 Å². The topological polar surface area (TPSA) is 77.5 Å². The lowest BCUT2D eigenvalue weighted by molar-refractivity contribution is -0.118. The summed E-state index contributed by atoms with van der Waals surface area (Å²) in [6, 6.07) is 11.7. The number of nitrogens with one attached hydrogen (secondary N) is 1. The minimum absolute atomic E-state index is 0.142. The van der Waals surface area contributed by atoms with E-state index in [1.165, 1.54) is 0 Å². The van der Waals surface area contributed by atoms with Crippen molar-refractivity contribution in [2.45, 2.75) is 19.8 Å². The largest absolute Gasteiger partial charge is 0.484 e. The van der Waals surface area contributed by atoms with Crippen molar-refractivity contribution in [3.63, 3.8) is 0 Å².